The number of aryl methyl sites for hydroxylation is 2. The lowest BCUT2D eigenvalue weighted by atomic mass is 10.1. The third-order valence-corrected chi connectivity index (χ3v) is 1.98. The minimum Gasteiger partial charge on any atom is -0.258 e. The second-order valence-corrected chi connectivity index (χ2v) is 3.23. The Hall–Kier alpha value is -0.850. The molecule has 80 valence electrons. The van der Waals surface area contributed by atoms with E-state index in [2.05, 4.69) is 24.0 Å². The summed E-state index contributed by atoms with van der Waals surface area (Å²) in [4.78, 5) is 4.44. The first kappa shape index (κ1) is 13.2. The highest BCUT2D eigenvalue weighted by atomic mass is 14.7. The van der Waals surface area contributed by atoms with Crippen LogP contribution in [0.1, 0.15) is 51.4 Å². The summed E-state index contributed by atoms with van der Waals surface area (Å²) in [6.07, 6.45) is 5.00. The van der Waals surface area contributed by atoms with Crippen molar-refractivity contribution in [3.63, 3.8) is 0 Å². The maximum absolute atomic E-state index is 4.44. The zero-order valence-electron chi connectivity index (χ0n) is 10.0. The first-order valence-electron chi connectivity index (χ1n) is 5.75. The number of hydrogen-bond donors (Lipinski definition) is 0. The minimum absolute atomic E-state index is 1.13. The van der Waals surface area contributed by atoms with E-state index in [4.69, 9.17) is 0 Å². The van der Waals surface area contributed by atoms with Crippen LogP contribution in [0.3, 0.4) is 0 Å². The van der Waals surface area contributed by atoms with Crippen molar-refractivity contribution >= 4 is 0 Å². The zero-order valence-corrected chi connectivity index (χ0v) is 10.0. The van der Waals surface area contributed by atoms with E-state index >= 15 is 0 Å². The number of unbranched alkanes of at least 4 members (excludes halogenated alkanes) is 2. The number of rotatable bonds is 4. The van der Waals surface area contributed by atoms with E-state index in [0.29, 0.717) is 0 Å². The summed E-state index contributed by atoms with van der Waals surface area (Å²) in [5.74, 6) is 0. The highest BCUT2D eigenvalue weighted by molar-refractivity contribution is 5.09. The topological polar surface area (TPSA) is 12.9 Å². The van der Waals surface area contributed by atoms with Crippen LogP contribution in [0.5, 0.6) is 0 Å². The number of aromatic nitrogens is 1. The second kappa shape index (κ2) is 8.74. The van der Waals surface area contributed by atoms with Crippen molar-refractivity contribution in [3.8, 4) is 0 Å². The van der Waals surface area contributed by atoms with Crippen molar-refractivity contribution < 1.29 is 0 Å². The molecule has 1 aromatic rings. The van der Waals surface area contributed by atoms with Crippen molar-refractivity contribution in [1.82, 2.24) is 4.98 Å². The molecule has 14 heavy (non-hydrogen) atoms. The summed E-state index contributed by atoms with van der Waals surface area (Å²) < 4.78 is 0. The maximum Gasteiger partial charge on any atom is 0.0406 e. The van der Waals surface area contributed by atoms with Crippen LogP contribution < -0.4 is 0 Å². The first-order valence-corrected chi connectivity index (χ1v) is 5.75. The minimum atomic E-state index is 1.13. The molecular weight excluding hydrogens is 170 g/mol. The monoisotopic (exact) mass is 193 g/mol. The standard InChI is InChI=1S/C11H17N.C2H6/c1-3-4-5-8-11-9-6-7-10(2)12-11;1-2/h6-7,9H,3-5,8H2,1-2H3;1-2H3. The first-order chi connectivity index (χ1) is 6.83. The van der Waals surface area contributed by atoms with Gasteiger partial charge in [-0.15, -0.1) is 0 Å². The quantitative estimate of drug-likeness (QED) is 0.655. The highest BCUT2D eigenvalue weighted by Gasteiger charge is 1.93. The summed E-state index contributed by atoms with van der Waals surface area (Å²) in [5.41, 5.74) is 2.37. The van der Waals surface area contributed by atoms with Crippen molar-refractivity contribution in [2.75, 3.05) is 0 Å². The maximum atomic E-state index is 4.44. The summed E-state index contributed by atoms with van der Waals surface area (Å²) in [7, 11) is 0. The molecule has 0 aliphatic carbocycles. The molecule has 0 amide bonds. The van der Waals surface area contributed by atoms with Gasteiger partial charge in [0, 0.05) is 11.4 Å². The summed E-state index contributed by atoms with van der Waals surface area (Å²) >= 11 is 0. The van der Waals surface area contributed by atoms with Crippen molar-refractivity contribution in [1.29, 1.82) is 0 Å². The molecule has 1 heterocycles. The Balaban J connectivity index is 0.000000791. The molecule has 0 N–H and O–H groups in total. The number of nitrogens with zero attached hydrogens (tertiary/aromatic N) is 1. The predicted molar refractivity (Wildman–Crippen MR) is 63.6 cm³/mol. The molecule has 1 heteroatoms. The van der Waals surface area contributed by atoms with Gasteiger partial charge in [0.1, 0.15) is 0 Å². The van der Waals surface area contributed by atoms with Gasteiger partial charge in [-0.2, -0.15) is 0 Å². The fourth-order valence-electron chi connectivity index (χ4n) is 1.29. The number of hydrogen-bond acceptors (Lipinski definition) is 1. The van der Waals surface area contributed by atoms with Crippen molar-refractivity contribution in [2.24, 2.45) is 0 Å². The van der Waals surface area contributed by atoms with Gasteiger partial charge < -0.3 is 0 Å². The van der Waals surface area contributed by atoms with Gasteiger partial charge in [-0.25, -0.2) is 0 Å². The van der Waals surface area contributed by atoms with Crippen LogP contribution in [0.15, 0.2) is 18.2 Å². The SMILES string of the molecule is CC.CCCCCc1cccc(C)n1. The third-order valence-electron chi connectivity index (χ3n) is 1.98. The molecule has 1 nitrogen and oxygen atoms in total. The third kappa shape index (κ3) is 5.74. The molecular formula is C13H23N. The fraction of sp³-hybridized carbons (Fsp3) is 0.615. The largest absolute Gasteiger partial charge is 0.258 e. The summed E-state index contributed by atoms with van der Waals surface area (Å²) in [6.45, 7) is 8.27. The van der Waals surface area contributed by atoms with E-state index in [0.717, 1.165) is 12.1 Å². The molecule has 0 fully saturated rings. The highest BCUT2D eigenvalue weighted by Crippen LogP contribution is 2.04. The average molecular weight is 193 g/mol. The van der Waals surface area contributed by atoms with E-state index in [1.54, 1.807) is 0 Å². The van der Waals surface area contributed by atoms with Gasteiger partial charge in [-0.05, 0) is 31.9 Å². The van der Waals surface area contributed by atoms with Crippen molar-refractivity contribution in [3.05, 3.63) is 29.6 Å². The molecule has 0 saturated heterocycles. The smallest absolute Gasteiger partial charge is 0.0406 e. The van der Waals surface area contributed by atoms with Gasteiger partial charge in [0.05, 0.1) is 0 Å². The molecule has 0 saturated carbocycles. The molecule has 0 aromatic carbocycles. The molecule has 0 aliphatic heterocycles. The Morgan fingerprint density at radius 2 is 1.86 bits per heavy atom. The van der Waals surface area contributed by atoms with E-state index in [1.807, 2.05) is 26.8 Å². The molecule has 1 rings (SSSR count). The lowest BCUT2D eigenvalue weighted by Crippen LogP contribution is -1.91. The van der Waals surface area contributed by atoms with Crippen LogP contribution in [0.2, 0.25) is 0 Å². The average Bonchev–Trinajstić information content (AvgIpc) is 2.21. The van der Waals surface area contributed by atoms with Crippen LogP contribution in [0.25, 0.3) is 0 Å². The van der Waals surface area contributed by atoms with Gasteiger partial charge in [0.2, 0.25) is 0 Å². The van der Waals surface area contributed by atoms with E-state index in [9.17, 15) is 0 Å². The molecule has 0 unspecified atom stereocenters. The summed E-state index contributed by atoms with van der Waals surface area (Å²) in [6, 6.07) is 6.25. The molecule has 0 spiro atoms. The van der Waals surface area contributed by atoms with Gasteiger partial charge in [-0.1, -0.05) is 39.7 Å². The normalized spacial score (nSPS) is 9.14. The van der Waals surface area contributed by atoms with Crippen molar-refractivity contribution in [2.45, 2.75) is 53.4 Å². The van der Waals surface area contributed by atoms with Crippen LogP contribution in [0.4, 0.5) is 0 Å². The zero-order chi connectivity index (χ0) is 10.8. The molecule has 0 atom stereocenters. The Morgan fingerprint density at radius 3 is 2.43 bits per heavy atom. The van der Waals surface area contributed by atoms with Gasteiger partial charge in [0.15, 0.2) is 0 Å². The second-order valence-electron chi connectivity index (χ2n) is 3.23. The van der Waals surface area contributed by atoms with Gasteiger partial charge in [0.25, 0.3) is 0 Å². The van der Waals surface area contributed by atoms with E-state index < -0.39 is 0 Å². The van der Waals surface area contributed by atoms with Crippen LogP contribution in [-0.4, -0.2) is 4.98 Å². The fourth-order valence-corrected chi connectivity index (χ4v) is 1.29. The van der Waals surface area contributed by atoms with E-state index in [-0.39, 0.29) is 0 Å². The van der Waals surface area contributed by atoms with Crippen LogP contribution >= 0.6 is 0 Å². The molecule has 0 aliphatic rings. The predicted octanol–water partition coefficient (Wildman–Crippen LogP) is 4.15. The van der Waals surface area contributed by atoms with Crippen LogP contribution in [0, 0.1) is 6.92 Å². The summed E-state index contributed by atoms with van der Waals surface area (Å²) in [5, 5.41) is 0. The Bertz CT molecular complexity index is 230. The van der Waals surface area contributed by atoms with E-state index in [1.165, 1.54) is 25.0 Å². The molecule has 1 aromatic heterocycles. The Labute approximate surface area is 88.6 Å². The number of pyridine rings is 1. The lowest BCUT2D eigenvalue weighted by Gasteiger charge is -2.00. The van der Waals surface area contributed by atoms with Gasteiger partial charge in [-0.3, -0.25) is 4.98 Å². The molecule has 0 bridgehead atoms. The van der Waals surface area contributed by atoms with Gasteiger partial charge >= 0.3 is 0 Å². The Kier molecular flexibility index (Phi) is 8.20. The lowest BCUT2D eigenvalue weighted by molar-refractivity contribution is 0.706. The van der Waals surface area contributed by atoms with Crippen LogP contribution in [-0.2, 0) is 6.42 Å². The molecule has 0 radical (unpaired) electrons. The Morgan fingerprint density at radius 1 is 1.14 bits per heavy atom.